The summed E-state index contributed by atoms with van der Waals surface area (Å²) in [7, 11) is 0. The lowest BCUT2D eigenvalue weighted by Crippen LogP contribution is -2.46. The quantitative estimate of drug-likeness (QED) is 0.837. The molecular weight excluding hydrogens is 297 g/mol. The zero-order valence-corrected chi connectivity index (χ0v) is 13.8. The Labute approximate surface area is 130 Å². The molecule has 2 rings (SSSR count). The summed E-state index contributed by atoms with van der Waals surface area (Å²) in [5.74, 6) is 1.27. The summed E-state index contributed by atoms with van der Waals surface area (Å²) in [4.78, 5) is 0. The van der Waals surface area contributed by atoms with E-state index in [0.717, 1.165) is 18.5 Å². The molecule has 1 saturated heterocycles. The van der Waals surface area contributed by atoms with Gasteiger partial charge in [0.2, 0.25) is 0 Å². The standard InChI is InChI=1S/C15H21Cl2NS/c1-3-18-13(15(2)8-5-9-19-15)10-11-6-4-7-12(16)14(11)17/h4,6-7,13,18H,3,5,8-10H2,1-2H3. The normalized spacial score (nSPS) is 24.6. The van der Waals surface area contributed by atoms with E-state index in [2.05, 4.69) is 37.0 Å². The van der Waals surface area contributed by atoms with E-state index in [1.807, 2.05) is 12.1 Å². The molecular formula is C15H21Cl2NS. The molecule has 2 atom stereocenters. The molecule has 0 aromatic heterocycles. The molecule has 1 nitrogen and oxygen atoms in total. The molecule has 2 unspecified atom stereocenters. The van der Waals surface area contributed by atoms with E-state index in [1.54, 1.807) is 0 Å². The van der Waals surface area contributed by atoms with Crippen molar-refractivity contribution in [3.63, 3.8) is 0 Å². The first-order chi connectivity index (χ1) is 9.07. The summed E-state index contributed by atoms with van der Waals surface area (Å²) in [6.45, 7) is 5.52. The van der Waals surface area contributed by atoms with Crippen molar-refractivity contribution < 1.29 is 0 Å². The van der Waals surface area contributed by atoms with Gasteiger partial charge in [0, 0.05) is 10.8 Å². The predicted molar refractivity (Wildman–Crippen MR) is 87.7 cm³/mol. The molecule has 0 aliphatic carbocycles. The van der Waals surface area contributed by atoms with Crippen LogP contribution in [0, 0.1) is 0 Å². The number of hydrogen-bond acceptors (Lipinski definition) is 2. The zero-order valence-electron chi connectivity index (χ0n) is 11.5. The molecule has 0 radical (unpaired) electrons. The number of benzene rings is 1. The number of thioether (sulfide) groups is 1. The molecule has 19 heavy (non-hydrogen) atoms. The van der Waals surface area contributed by atoms with Crippen molar-refractivity contribution in [3.05, 3.63) is 33.8 Å². The third-order valence-electron chi connectivity index (χ3n) is 3.89. The van der Waals surface area contributed by atoms with Crippen LogP contribution in [0.15, 0.2) is 18.2 Å². The van der Waals surface area contributed by atoms with E-state index in [1.165, 1.54) is 18.6 Å². The molecule has 1 aliphatic heterocycles. The van der Waals surface area contributed by atoms with Crippen LogP contribution in [0.5, 0.6) is 0 Å². The Hall–Kier alpha value is 0.110. The van der Waals surface area contributed by atoms with Gasteiger partial charge in [-0.3, -0.25) is 0 Å². The van der Waals surface area contributed by atoms with Crippen molar-refractivity contribution in [2.24, 2.45) is 0 Å². The lowest BCUT2D eigenvalue weighted by Gasteiger charge is -2.34. The molecule has 4 heteroatoms. The molecule has 1 aromatic carbocycles. The molecule has 1 heterocycles. The number of rotatable bonds is 5. The maximum absolute atomic E-state index is 6.32. The molecule has 0 amide bonds. The van der Waals surface area contributed by atoms with Gasteiger partial charge < -0.3 is 5.32 Å². The first-order valence-electron chi connectivity index (χ1n) is 6.87. The highest BCUT2D eigenvalue weighted by Gasteiger charge is 2.37. The van der Waals surface area contributed by atoms with Crippen LogP contribution in [0.25, 0.3) is 0 Å². The average molecular weight is 318 g/mol. The van der Waals surface area contributed by atoms with Crippen molar-refractivity contribution in [3.8, 4) is 0 Å². The number of halogens is 2. The van der Waals surface area contributed by atoms with E-state index in [-0.39, 0.29) is 0 Å². The highest BCUT2D eigenvalue weighted by Crippen LogP contribution is 2.42. The van der Waals surface area contributed by atoms with Gasteiger partial charge >= 0.3 is 0 Å². The zero-order chi connectivity index (χ0) is 13.9. The summed E-state index contributed by atoms with van der Waals surface area (Å²) < 4.78 is 0.307. The van der Waals surface area contributed by atoms with E-state index in [9.17, 15) is 0 Å². The van der Waals surface area contributed by atoms with Crippen molar-refractivity contribution in [2.45, 2.75) is 43.9 Å². The molecule has 1 fully saturated rings. The fraction of sp³-hybridized carbons (Fsp3) is 0.600. The van der Waals surface area contributed by atoms with Crippen molar-refractivity contribution in [2.75, 3.05) is 12.3 Å². The fourth-order valence-corrected chi connectivity index (χ4v) is 4.56. The Morgan fingerprint density at radius 3 is 2.84 bits per heavy atom. The second kappa shape index (κ2) is 6.71. The van der Waals surface area contributed by atoms with Gasteiger partial charge in [-0.1, -0.05) is 42.3 Å². The number of nitrogens with one attached hydrogen (secondary N) is 1. The van der Waals surface area contributed by atoms with E-state index < -0.39 is 0 Å². The highest BCUT2D eigenvalue weighted by molar-refractivity contribution is 8.00. The van der Waals surface area contributed by atoms with Gasteiger partial charge in [0.1, 0.15) is 0 Å². The molecule has 1 N–H and O–H groups in total. The van der Waals surface area contributed by atoms with E-state index in [0.29, 0.717) is 20.8 Å². The fourth-order valence-electron chi connectivity index (χ4n) is 2.75. The van der Waals surface area contributed by atoms with Crippen molar-refractivity contribution in [1.82, 2.24) is 5.32 Å². The van der Waals surface area contributed by atoms with Crippen molar-refractivity contribution in [1.29, 1.82) is 0 Å². The van der Waals surface area contributed by atoms with Crippen LogP contribution in [0.4, 0.5) is 0 Å². The van der Waals surface area contributed by atoms with Crippen LogP contribution in [0.3, 0.4) is 0 Å². The third-order valence-corrected chi connectivity index (χ3v) is 6.39. The average Bonchev–Trinajstić information content (AvgIpc) is 2.82. The smallest absolute Gasteiger partial charge is 0.0624 e. The first kappa shape index (κ1) is 15.5. The maximum atomic E-state index is 6.32. The Balaban J connectivity index is 2.18. The van der Waals surface area contributed by atoms with E-state index in [4.69, 9.17) is 23.2 Å². The summed E-state index contributed by atoms with van der Waals surface area (Å²) in [5, 5.41) is 5.00. The van der Waals surface area contributed by atoms with Crippen LogP contribution in [-0.4, -0.2) is 23.1 Å². The number of hydrogen-bond donors (Lipinski definition) is 1. The molecule has 0 bridgehead atoms. The largest absolute Gasteiger partial charge is 0.313 e. The Kier molecular flexibility index (Phi) is 5.47. The van der Waals surface area contributed by atoms with Gasteiger partial charge in [0.05, 0.1) is 10.0 Å². The van der Waals surface area contributed by atoms with Gasteiger partial charge in [-0.2, -0.15) is 11.8 Å². The molecule has 0 spiro atoms. The minimum atomic E-state index is 0.307. The predicted octanol–water partition coefficient (Wildman–Crippen LogP) is 4.80. The van der Waals surface area contributed by atoms with Crippen LogP contribution < -0.4 is 5.32 Å². The number of likely N-dealkylation sites (N-methyl/N-ethyl adjacent to an activating group) is 1. The molecule has 106 valence electrons. The van der Waals surface area contributed by atoms with Crippen LogP contribution in [-0.2, 0) is 6.42 Å². The maximum Gasteiger partial charge on any atom is 0.0624 e. The lowest BCUT2D eigenvalue weighted by atomic mass is 9.90. The molecule has 0 saturated carbocycles. The van der Waals surface area contributed by atoms with Crippen LogP contribution >= 0.6 is 35.0 Å². The Bertz CT molecular complexity index is 430. The van der Waals surface area contributed by atoms with E-state index >= 15 is 0 Å². The molecule has 1 aromatic rings. The molecule has 1 aliphatic rings. The van der Waals surface area contributed by atoms with Gasteiger partial charge in [-0.25, -0.2) is 0 Å². The highest BCUT2D eigenvalue weighted by atomic mass is 35.5. The summed E-state index contributed by atoms with van der Waals surface area (Å²) in [6.07, 6.45) is 3.52. The Morgan fingerprint density at radius 1 is 1.42 bits per heavy atom. The van der Waals surface area contributed by atoms with Gasteiger partial charge in [0.15, 0.2) is 0 Å². The van der Waals surface area contributed by atoms with Gasteiger partial charge in [-0.05, 0) is 50.1 Å². The topological polar surface area (TPSA) is 12.0 Å². The van der Waals surface area contributed by atoms with Gasteiger partial charge in [-0.15, -0.1) is 0 Å². The SMILES string of the molecule is CCNC(Cc1cccc(Cl)c1Cl)C1(C)CCCS1. The second-order valence-corrected chi connectivity index (χ2v) is 7.71. The van der Waals surface area contributed by atoms with Gasteiger partial charge in [0.25, 0.3) is 0 Å². The van der Waals surface area contributed by atoms with Crippen LogP contribution in [0.1, 0.15) is 32.3 Å². The van der Waals surface area contributed by atoms with Crippen molar-refractivity contribution >= 4 is 35.0 Å². The minimum absolute atomic E-state index is 0.307. The second-order valence-electron chi connectivity index (χ2n) is 5.29. The first-order valence-corrected chi connectivity index (χ1v) is 8.61. The summed E-state index contributed by atoms with van der Waals surface area (Å²) >= 11 is 14.5. The minimum Gasteiger partial charge on any atom is -0.313 e. The monoisotopic (exact) mass is 317 g/mol. The third kappa shape index (κ3) is 3.60. The summed E-state index contributed by atoms with van der Waals surface area (Å²) in [5.41, 5.74) is 1.15. The lowest BCUT2D eigenvalue weighted by molar-refractivity contribution is 0.406. The van der Waals surface area contributed by atoms with Crippen LogP contribution in [0.2, 0.25) is 10.0 Å². The summed E-state index contributed by atoms with van der Waals surface area (Å²) in [6, 6.07) is 6.36. The Morgan fingerprint density at radius 2 is 2.21 bits per heavy atom.